The number of ether oxygens (including phenoxy) is 1. The van der Waals surface area contributed by atoms with Gasteiger partial charge in [-0.3, -0.25) is 19.2 Å². The number of rotatable bonds is 4. The van der Waals surface area contributed by atoms with Crippen molar-refractivity contribution in [3.05, 3.63) is 35.4 Å². The molecule has 3 atom stereocenters. The van der Waals surface area contributed by atoms with E-state index in [2.05, 4.69) is 10.6 Å². The molecule has 1 saturated carbocycles. The van der Waals surface area contributed by atoms with Gasteiger partial charge in [-0.15, -0.1) is 0 Å². The van der Waals surface area contributed by atoms with Crippen molar-refractivity contribution in [3.63, 3.8) is 0 Å². The van der Waals surface area contributed by atoms with Crippen LogP contribution in [0, 0.1) is 5.92 Å². The number of amides is 4. The maximum absolute atomic E-state index is 13.2. The minimum absolute atomic E-state index is 0.0145. The summed E-state index contributed by atoms with van der Waals surface area (Å²) in [5, 5.41) is 5.41. The Bertz CT molecular complexity index is 1040. The fraction of sp³-hybridized carbons (Fsp3) is 0.560. The molecule has 0 aromatic heterocycles. The Hall–Kier alpha value is -3.08. The highest BCUT2D eigenvalue weighted by molar-refractivity contribution is 7.98. The number of esters is 1. The van der Waals surface area contributed by atoms with Crippen molar-refractivity contribution in [2.24, 2.45) is 5.92 Å². The fourth-order valence-corrected chi connectivity index (χ4v) is 5.50. The van der Waals surface area contributed by atoms with Crippen LogP contribution in [0.2, 0.25) is 0 Å². The maximum Gasteiger partial charge on any atom is 0.338 e. The molecule has 2 fully saturated rings. The van der Waals surface area contributed by atoms with Crippen LogP contribution in [0.25, 0.3) is 0 Å². The van der Waals surface area contributed by atoms with Crippen molar-refractivity contribution < 1.29 is 28.7 Å². The largest absolute Gasteiger partial charge is 0.459 e. The number of carbonyl (C=O) groups excluding carboxylic acids is 5. The van der Waals surface area contributed by atoms with Gasteiger partial charge in [0.2, 0.25) is 23.6 Å². The molecule has 2 aliphatic heterocycles. The molecule has 10 nitrogen and oxygen atoms in total. The van der Waals surface area contributed by atoms with Crippen molar-refractivity contribution in [1.82, 2.24) is 20.4 Å². The van der Waals surface area contributed by atoms with Crippen LogP contribution in [0.1, 0.15) is 41.6 Å². The van der Waals surface area contributed by atoms with E-state index >= 15 is 0 Å². The van der Waals surface area contributed by atoms with Gasteiger partial charge in [-0.25, -0.2) is 4.79 Å². The van der Waals surface area contributed by atoms with E-state index in [4.69, 9.17) is 4.74 Å². The van der Waals surface area contributed by atoms with E-state index in [1.54, 1.807) is 31.1 Å². The van der Waals surface area contributed by atoms with E-state index in [0.29, 0.717) is 36.5 Å². The molecule has 4 amide bonds. The summed E-state index contributed by atoms with van der Waals surface area (Å²) in [6, 6.07) is 4.32. The Balaban J connectivity index is 1.54. The molecular weight excluding hydrogens is 484 g/mol. The number of benzene rings is 1. The van der Waals surface area contributed by atoms with Crippen molar-refractivity contribution in [2.45, 2.75) is 49.6 Å². The Morgan fingerprint density at radius 1 is 1.14 bits per heavy atom. The Kier molecular flexibility index (Phi) is 8.17. The number of nitrogens with zero attached hydrogens (tertiary/aromatic N) is 2. The van der Waals surface area contributed by atoms with Gasteiger partial charge >= 0.3 is 5.97 Å². The molecule has 0 unspecified atom stereocenters. The summed E-state index contributed by atoms with van der Waals surface area (Å²) in [5.41, 5.74) is 1.14. The van der Waals surface area contributed by atoms with Crippen molar-refractivity contribution in [3.8, 4) is 0 Å². The summed E-state index contributed by atoms with van der Waals surface area (Å²) >= 11 is 1.41. The summed E-state index contributed by atoms with van der Waals surface area (Å²) in [6.45, 7) is 0.108. The van der Waals surface area contributed by atoms with E-state index in [-0.39, 0.29) is 17.7 Å². The summed E-state index contributed by atoms with van der Waals surface area (Å²) < 4.78 is 5.45. The van der Waals surface area contributed by atoms with Crippen LogP contribution in [-0.4, -0.2) is 90.5 Å². The molecule has 0 spiro atoms. The van der Waals surface area contributed by atoms with Gasteiger partial charge in [-0.2, -0.15) is 11.8 Å². The van der Waals surface area contributed by atoms with Gasteiger partial charge in [0.15, 0.2) is 0 Å². The number of likely N-dealkylation sites (N-methyl/N-ethyl adjacent to an activating group) is 1. The minimum atomic E-state index is -1.21. The second kappa shape index (κ2) is 11.3. The Labute approximate surface area is 214 Å². The first kappa shape index (κ1) is 26.0. The summed E-state index contributed by atoms with van der Waals surface area (Å²) in [4.78, 5) is 67.6. The first-order valence-corrected chi connectivity index (χ1v) is 13.4. The molecule has 0 bridgehead atoms. The van der Waals surface area contributed by atoms with Crippen molar-refractivity contribution in [1.29, 1.82) is 0 Å². The normalized spacial score (nSPS) is 24.9. The van der Waals surface area contributed by atoms with Crippen LogP contribution < -0.4 is 10.6 Å². The van der Waals surface area contributed by atoms with E-state index in [1.165, 1.54) is 16.7 Å². The molecule has 0 radical (unpaired) electrons. The number of nitrogens with one attached hydrogen (secondary N) is 2. The molecule has 11 heteroatoms. The van der Waals surface area contributed by atoms with Crippen LogP contribution >= 0.6 is 11.8 Å². The van der Waals surface area contributed by atoms with Gasteiger partial charge in [0.25, 0.3) is 0 Å². The maximum atomic E-state index is 13.2. The highest BCUT2D eigenvalue weighted by Gasteiger charge is 2.42. The van der Waals surface area contributed by atoms with Crippen LogP contribution in [-0.2, 0) is 29.7 Å². The van der Waals surface area contributed by atoms with Gasteiger partial charge in [0.1, 0.15) is 24.7 Å². The van der Waals surface area contributed by atoms with Gasteiger partial charge in [0, 0.05) is 38.1 Å². The second-order valence-electron chi connectivity index (χ2n) is 9.59. The number of fused-ring (bicyclic) bond motifs is 1. The average Bonchev–Trinajstić information content (AvgIpc) is 3.60. The molecule has 4 rings (SSSR count). The highest BCUT2D eigenvalue weighted by atomic mass is 32.2. The Morgan fingerprint density at radius 2 is 1.89 bits per heavy atom. The van der Waals surface area contributed by atoms with Crippen LogP contribution in [0.15, 0.2) is 24.3 Å². The lowest BCUT2D eigenvalue weighted by Crippen LogP contribution is -2.58. The van der Waals surface area contributed by atoms with E-state index < -0.39 is 42.5 Å². The lowest BCUT2D eigenvalue weighted by Gasteiger charge is -2.28. The quantitative estimate of drug-likeness (QED) is 0.560. The van der Waals surface area contributed by atoms with E-state index in [1.807, 2.05) is 12.1 Å². The number of likely N-dealkylation sites (tertiary alicyclic amines) is 1. The molecule has 2 N–H and O–H groups in total. The molecule has 1 aromatic carbocycles. The van der Waals surface area contributed by atoms with Crippen LogP contribution in [0.3, 0.4) is 0 Å². The molecule has 194 valence electrons. The van der Waals surface area contributed by atoms with Gasteiger partial charge in [-0.05, 0) is 37.3 Å². The first-order valence-electron chi connectivity index (χ1n) is 12.2. The van der Waals surface area contributed by atoms with Crippen molar-refractivity contribution in [2.75, 3.05) is 33.0 Å². The monoisotopic (exact) mass is 516 g/mol. The molecule has 36 heavy (non-hydrogen) atoms. The second-order valence-corrected chi connectivity index (χ2v) is 10.6. The fourth-order valence-electron chi connectivity index (χ4n) is 4.45. The number of carbonyl (C=O) groups is 5. The average molecular weight is 517 g/mol. The third kappa shape index (κ3) is 6.00. The predicted octanol–water partition coefficient (Wildman–Crippen LogP) is 0.549. The summed E-state index contributed by atoms with van der Waals surface area (Å²) in [5.74, 6) is -1.23. The molecule has 2 heterocycles. The summed E-state index contributed by atoms with van der Waals surface area (Å²) in [6.07, 6.45) is 2.89. The molecule has 1 saturated heterocycles. The number of thioether (sulfide) groups is 1. The molecule has 1 aliphatic carbocycles. The standard InChI is InChI=1S/C25H32N4O6S/c1-28(2)24(33)19-14-36-13-16-6-3-4-7-17(16)25(34)35-12-18(21(30)27-19)26-22(31)20-8-5-11-29(20)23(32)15-9-10-15/h3-4,6-7,15,18-20H,5,8-14H2,1-2H3,(H,26,31)(H,27,30)/t18-,19-,20+/m1/s1. The van der Waals surface area contributed by atoms with E-state index in [9.17, 15) is 24.0 Å². The lowest BCUT2D eigenvalue weighted by atomic mass is 10.1. The number of hydrogen-bond acceptors (Lipinski definition) is 7. The predicted molar refractivity (Wildman–Crippen MR) is 133 cm³/mol. The zero-order valence-electron chi connectivity index (χ0n) is 20.5. The SMILES string of the molecule is CN(C)C(=O)[C@H]1CSCc2ccccc2C(=O)OC[C@@H](NC(=O)[C@@H]2CCCN2C(=O)C2CC2)C(=O)N1. The molecule has 1 aromatic rings. The van der Waals surface area contributed by atoms with E-state index in [0.717, 1.165) is 18.4 Å². The first-order chi connectivity index (χ1) is 17.3. The van der Waals surface area contributed by atoms with Crippen LogP contribution in [0.4, 0.5) is 0 Å². The highest BCUT2D eigenvalue weighted by Crippen LogP contribution is 2.33. The number of cyclic esters (lactones) is 1. The van der Waals surface area contributed by atoms with Gasteiger partial charge < -0.3 is 25.2 Å². The smallest absolute Gasteiger partial charge is 0.338 e. The Morgan fingerprint density at radius 3 is 2.61 bits per heavy atom. The zero-order valence-corrected chi connectivity index (χ0v) is 21.3. The molecule has 3 aliphatic rings. The number of hydrogen-bond donors (Lipinski definition) is 2. The third-order valence-corrected chi connectivity index (χ3v) is 7.70. The van der Waals surface area contributed by atoms with Crippen molar-refractivity contribution >= 4 is 41.4 Å². The van der Waals surface area contributed by atoms with Gasteiger partial charge in [0.05, 0.1) is 5.56 Å². The summed E-state index contributed by atoms with van der Waals surface area (Å²) in [7, 11) is 3.22. The lowest BCUT2D eigenvalue weighted by molar-refractivity contribution is -0.141. The zero-order chi connectivity index (χ0) is 25.8. The topological polar surface area (TPSA) is 125 Å². The minimum Gasteiger partial charge on any atom is -0.459 e. The third-order valence-electron chi connectivity index (χ3n) is 6.61. The van der Waals surface area contributed by atoms with Crippen LogP contribution in [0.5, 0.6) is 0 Å². The molecular formula is C25H32N4O6S. The van der Waals surface area contributed by atoms with Gasteiger partial charge in [-0.1, -0.05) is 18.2 Å².